The summed E-state index contributed by atoms with van der Waals surface area (Å²) in [5, 5.41) is 7.42. The second-order valence-electron chi connectivity index (χ2n) is 8.06. The topological polar surface area (TPSA) is 35.9 Å². The Labute approximate surface area is 184 Å². The molecule has 7 heteroatoms. The van der Waals surface area contributed by atoms with Gasteiger partial charge in [-0.05, 0) is 54.2 Å². The van der Waals surface area contributed by atoms with Crippen LogP contribution in [-0.2, 0) is 4.79 Å². The lowest BCUT2D eigenvalue weighted by atomic mass is 10.0. The quantitative estimate of drug-likeness (QED) is 0.589. The number of hydrazone groups is 1. The minimum atomic E-state index is -0.304. The summed E-state index contributed by atoms with van der Waals surface area (Å²) >= 11 is 12.5. The van der Waals surface area contributed by atoms with E-state index < -0.39 is 0 Å². The molecular weight excluding hydrogens is 424 g/mol. The van der Waals surface area contributed by atoms with E-state index in [1.54, 1.807) is 35.3 Å². The average molecular weight is 444 g/mol. The van der Waals surface area contributed by atoms with Crippen LogP contribution in [0.25, 0.3) is 0 Å². The summed E-state index contributed by atoms with van der Waals surface area (Å²) in [6, 6.07) is 11.2. The van der Waals surface area contributed by atoms with Crippen molar-refractivity contribution >= 4 is 40.5 Å². The van der Waals surface area contributed by atoms with Crippen LogP contribution >= 0.6 is 23.2 Å². The third-order valence-corrected chi connectivity index (χ3v) is 6.71. The molecule has 2 heterocycles. The van der Waals surface area contributed by atoms with Crippen molar-refractivity contribution in [3.05, 3.63) is 76.0 Å². The van der Waals surface area contributed by atoms with Gasteiger partial charge in [0.25, 0.3) is 5.91 Å². The third kappa shape index (κ3) is 3.50. The summed E-state index contributed by atoms with van der Waals surface area (Å²) in [6.45, 7) is 1.50. The number of halogens is 3. The average Bonchev–Trinajstić information content (AvgIpc) is 3.43. The monoisotopic (exact) mass is 443 g/mol. The predicted molar refractivity (Wildman–Crippen MR) is 117 cm³/mol. The van der Waals surface area contributed by atoms with Gasteiger partial charge < -0.3 is 4.90 Å². The van der Waals surface area contributed by atoms with Gasteiger partial charge in [-0.15, -0.1) is 0 Å². The molecule has 1 aliphatic carbocycles. The SMILES string of the molecule is O=C(C1=NN(c2ccc(Cl)cc2Cl)C(c2ccc(F)cc2)C1)N1CC2C=CCC2C1. The zero-order valence-corrected chi connectivity index (χ0v) is 17.7. The molecule has 0 aromatic heterocycles. The Balaban J connectivity index is 1.47. The molecule has 3 unspecified atom stereocenters. The van der Waals surface area contributed by atoms with E-state index in [2.05, 4.69) is 17.3 Å². The van der Waals surface area contributed by atoms with Gasteiger partial charge in [-0.2, -0.15) is 5.10 Å². The van der Waals surface area contributed by atoms with Crippen molar-refractivity contribution in [3.8, 4) is 0 Å². The number of allylic oxidation sites excluding steroid dienone is 1. The van der Waals surface area contributed by atoms with Gasteiger partial charge in [0.1, 0.15) is 11.5 Å². The first-order valence-corrected chi connectivity index (χ1v) is 10.8. The first-order valence-electron chi connectivity index (χ1n) is 10.0. The van der Waals surface area contributed by atoms with Crippen LogP contribution in [0.5, 0.6) is 0 Å². The first kappa shape index (κ1) is 19.6. The van der Waals surface area contributed by atoms with Gasteiger partial charge >= 0.3 is 0 Å². The Bertz CT molecular complexity index is 1050. The Morgan fingerprint density at radius 3 is 2.63 bits per heavy atom. The van der Waals surface area contributed by atoms with Crippen molar-refractivity contribution in [2.24, 2.45) is 16.9 Å². The predicted octanol–water partition coefficient (Wildman–Crippen LogP) is 5.47. The fourth-order valence-corrected chi connectivity index (χ4v) is 5.11. The second kappa shape index (κ2) is 7.71. The smallest absolute Gasteiger partial charge is 0.270 e. The standard InChI is InChI=1S/C23H20Cl2FN3O/c24-17-6-9-21(19(25)10-17)29-22(14-4-7-18(26)8-5-14)11-20(27-29)23(30)28-12-15-2-1-3-16(15)13-28/h1-2,4-10,15-16,22H,3,11-13H2. The molecule has 5 rings (SSSR count). The van der Waals surface area contributed by atoms with Crippen molar-refractivity contribution in [2.45, 2.75) is 18.9 Å². The molecule has 0 spiro atoms. The van der Waals surface area contributed by atoms with Crippen molar-refractivity contribution in [1.82, 2.24) is 4.90 Å². The number of fused-ring (bicyclic) bond motifs is 1. The fraction of sp³-hybridized carbons (Fsp3) is 0.304. The van der Waals surface area contributed by atoms with E-state index in [9.17, 15) is 9.18 Å². The van der Waals surface area contributed by atoms with E-state index in [1.807, 2.05) is 4.90 Å². The van der Waals surface area contributed by atoms with E-state index in [4.69, 9.17) is 23.2 Å². The molecule has 3 atom stereocenters. The number of amides is 1. The number of hydrogen-bond donors (Lipinski definition) is 0. The van der Waals surface area contributed by atoms with E-state index >= 15 is 0 Å². The molecule has 0 bridgehead atoms. The normalized spacial score (nSPS) is 25.0. The van der Waals surface area contributed by atoms with E-state index in [0.29, 0.717) is 39.7 Å². The zero-order valence-electron chi connectivity index (χ0n) is 16.1. The van der Waals surface area contributed by atoms with E-state index in [1.165, 1.54) is 12.1 Å². The van der Waals surface area contributed by atoms with E-state index in [0.717, 1.165) is 25.1 Å². The van der Waals surface area contributed by atoms with Crippen molar-refractivity contribution in [1.29, 1.82) is 0 Å². The van der Waals surface area contributed by atoms with Gasteiger partial charge in [0, 0.05) is 24.5 Å². The lowest BCUT2D eigenvalue weighted by Gasteiger charge is -2.25. The van der Waals surface area contributed by atoms with Crippen LogP contribution in [0.1, 0.15) is 24.4 Å². The van der Waals surface area contributed by atoms with Crippen molar-refractivity contribution in [3.63, 3.8) is 0 Å². The Morgan fingerprint density at radius 2 is 1.90 bits per heavy atom. The molecule has 1 amide bonds. The number of carbonyl (C=O) groups is 1. The summed E-state index contributed by atoms with van der Waals surface area (Å²) < 4.78 is 13.5. The number of likely N-dealkylation sites (tertiary alicyclic amines) is 1. The molecule has 2 aliphatic heterocycles. The van der Waals surface area contributed by atoms with Gasteiger partial charge in [0.15, 0.2) is 0 Å². The molecule has 3 aliphatic rings. The second-order valence-corrected chi connectivity index (χ2v) is 8.90. The largest absolute Gasteiger partial charge is 0.337 e. The summed E-state index contributed by atoms with van der Waals surface area (Å²) in [5.41, 5.74) is 2.04. The lowest BCUT2D eigenvalue weighted by Crippen LogP contribution is -2.34. The van der Waals surface area contributed by atoms with Gasteiger partial charge in [-0.3, -0.25) is 9.80 Å². The van der Waals surface area contributed by atoms with E-state index in [-0.39, 0.29) is 17.8 Å². The third-order valence-electron chi connectivity index (χ3n) is 6.17. The highest BCUT2D eigenvalue weighted by molar-refractivity contribution is 6.40. The number of rotatable bonds is 3. The van der Waals surface area contributed by atoms with Gasteiger partial charge in [-0.25, -0.2) is 4.39 Å². The van der Waals surface area contributed by atoms with Gasteiger partial charge in [-0.1, -0.05) is 47.5 Å². The highest BCUT2D eigenvalue weighted by atomic mass is 35.5. The molecule has 1 fully saturated rings. The van der Waals surface area contributed by atoms with Crippen LogP contribution in [0.2, 0.25) is 10.0 Å². The number of carbonyl (C=O) groups excluding carboxylic acids is 1. The highest BCUT2D eigenvalue weighted by Gasteiger charge is 2.40. The molecule has 0 radical (unpaired) electrons. The van der Waals surface area contributed by atoms with Gasteiger partial charge in [0.05, 0.1) is 16.8 Å². The summed E-state index contributed by atoms with van der Waals surface area (Å²) in [7, 11) is 0. The van der Waals surface area contributed by atoms with Gasteiger partial charge in [0.2, 0.25) is 0 Å². The first-order chi connectivity index (χ1) is 14.5. The highest BCUT2D eigenvalue weighted by Crippen LogP contribution is 2.40. The van der Waals surface area contributed by atoms with Crippen LogP contribution in [-0.4, -0.2) is 29.6 Å². The maximum absolute atomic E-state index is 13.5. The van der Waals surface area contributed by atoms with Crippen molar-refractivity contribution < 1.29 is 9.18 Å². The maximum atomic E-state index is 13.5. The molecule has 30 heavy (non-hydrogen) atoms. The van der Waals surface area contributed by atoms with Crippen LogP contribution < -0.4 is 5.01 Å². The minimum absolute atomic E-state index is 0.0301. The number of hydrogen-bond acceptors (Lipinski definition) is 3. The minimum Gasteiger partial charge on any atom is -0.337 e. The van der Waals surface area contributed by atoms with Crippen LogP contribution in [0.3, 0.4) is 0 Å². The maximum Gasteiger partial charge on any atom is 0.270 e. The molecule has 4 nitrogen and oxygen atoms in total. The molecule has 2 aromatic rings. The number of nitrogens with zero attached hydrogens (tertiary/aromatic N) is 3. The molecule has 2 aromatic carbocycles. The molecule has 1 saturated heterocycles. The Kier molecular flexibility index (Phi) is 5.03. The van der Waals surface area contributed by atoms with Crippen LogP contribution in [0.4, 0.5) is 10.1 Å². The molecular formula is C23H20Cl2FN3O. The molecule has 0 N–H and O–H groups in total. The summed E-state index contributed by atoms with van der Waals surface area (Å²) in [4.78, 5) is 15.2. The molecule has 154 valence electrons. The number of anilines is 1. The zero-order chi connectivity index (χ0) is 20.8. The van der Waals surface area contributed by atoms with Crippen molar-refractivity contribution in [2.75, 3.05) is 18.1 Å². The molecule has 0 saturated carbocycles. The van der Waals surface area contributed by atoms with Crippen LogP contribution in [0.15, 0.2) is 59.7 Å². The number of benzene rings is 2. The van der Waals surface area contributed by atoms with Crippen LogP contribution in [0, 0.1) is 17.7 Å². The summed E-state index contributed by atoms with van der Waals surface area (Å²) in [6.07, 6.45) is 5.89. The lowest BCUT2D eigenvalue weighted by molar-refractivity contribution is -0.123. The summed E-state index contributed by atoms with van der Waals surface area (Å²) in [5.74, 6) is 0.635. The fourth-order valence-electron chi connectivity index (χ4n) is 4.61. The Morgan fingerprint density at radius 1 is 1.10 bits per heavy atom. The Hall–Kier alpha value is -2.37.